The monoisotopic (exact) mass is 404 g/mol. The number of anilines is 1. The predicted molar refractivity (Wildman–Crippen MR) is 111 cm³/mol. The van der Waals surface area contributed by atoms with Gasteiger partial charge in [-0.1, -0.05) is 36.4 Å². The molecule has 1 aliphatic carbocycles. The number of hydrogen-bond acceptors (Lipinski definition) is 6. The zero-order valence-electron chi connectivity index (χ0n) is 16.7. The molecule has 3 aromatic rings. The van der Waals surface area contributed by atoms with Crippen LogP contribution in [0.25, 0.3) is 0 Å². The van der Waals surface area contributed by atoms with E-state index in [1.807, 2.05) is 36.4 Å². The lowest BCUT2D eigenvalue weighted by molar-refractivity contribution is -0.121. The summed E-state index contributed by atoms with van der Waals surface area (Å²) in [6, 6.07) is 13.4. The lowest BCUT2D eigenvalue weighted by Gasteiger charge is -2.23. The third-order valence-corrected chi connectivity index (χ3v) is 6.14. The number of hydrogen-bond donors (Lipinski definition) is 3. The average molecular weight is 404 g/mol. The number of fused-ring (bicyclic) bond motifs is 2. The first-order valence-electron chi connectivity index (χ1n) is 10.2. The van der Waals surface area contributed by atoms with Crippen molar-refractivity contribution in [2.75, 3.05) is 11.9 Å². The smallest absolute Gasteiger partial charge is 0.245 e. The Balaban J connectivity index is 1.33. The highest BCUT2D eigenvalue weighted by Crippen LogP contribution is 2.55. The molecule has 0 radical (unpaired) electrons. The van der Waals surface area contributed by atoms with E-state index in [4.69, 9.17) is 0 Å². The van der Waals surface area contributed by atoms with Crippen molar-refractivity contribution in [1.29, 1.82) is 0 Å². The Hall–Kier alpha value is -3.10. The number of nitrogens with one attached hydrogen (secondary N) is 2. The predicted octanol–water partition coefficient (Wildman–Crippen LogP) is 1.84. The van der Waals surface area contributed by atoms with Crippen LogP contribution in [0, 0.1) is 0 Å². The van der Waals surface area contributed by atoms with Crippen LogP contribution in [0.15, 0.2) is 48.7 Å². The summed E-state index contributed by atoms with van der Waals surface area (Å²) in [4.78, 5) is 22.2. The van der Waals surface area contributed by atoms with Crippen LogP contribution in [0.2, 0.25) is 0 Å². The van der Waals surface area contributed by atoms with Gasteiger partial charge in [0.2, 0.25) is 5.91 Å². The molecule has 1 saturated carbocycles. The number of carbonyl (C=O) groups excluding carboxylic acids is 1. The number of benzene rings is 1. The van der Waals surface area contributed by atoms with Crippen LogP contribution in [0.5, 0.6) is 0 Å². The van der Waals surface area contributed by atoms with Crippen molar-refractivity contribution in [1.82, 2.24) is 25.5 Å². The molecule has 3 N–H and O–H groups in total. The second-order valence-electron chi connectivity index (χ2n) is 8.20. The van der Waals surface area contributed by atoms with Gasteiger partial charge in [0.05, 0.1) is 6.04 Å². The van der Waals surface area contributed by atoms with Crippen molar-refractivity contribution in [3.63, 3.8) is 0 Å². The van der Waals surface area contributed by atoms with Gasteiger partial charge in [0.15, 0.2) is 12.1 Å². The summed E-state index contributed by atoms with van der Waals surface area (Å²) in [7, 11) is 1.74. The number of amides is 1. The van der Waals surface area contributed by atoms with Gasteiger partial charge in [-0.25, -0.2) is 4.98 Å². The standard InChI is InChI=1S/C22H24N6O2/c1-28-19-15(8-5-11-23-19)22(9-10-22)13-16(21(28)30)24-20(29)18-25-17(26-27-18)12-14-6-3-2-4-7-14/h2-8,11,16,20,24,29H,9-10,12-13H2,1H3,(H,25,26,27)/t16-,20?/m0/s1. The summed E-state index contributed by atoms with van der Waals surface area (Å²) in [6.45, 7) is 0. The number of likely N-dealkylation sites (N-methyl/N-ethyl adjacent to an activating group) is 1. The Morgan fingerprint density at radius 3 is 2.80 bits per heavy atom. The van der Waals surface area contributed by atoms with Gasteiger partial charge in [-0.3, -0.25) is 15.0 Å². The maximum atomic E-state index is 13.1. The molecule has 1 amide bonds. The Bertz CT molecular complexity index is 1060. The van der Waals surface area contributed by atoms with Crippen molar-refractivity contribution < 1.29 is 9.90 Å². The van der Waals surface area contributed by atoms with Gasteiger partial charge in [-0.2, -0.15) is 0 Å². The molecule has 0 saturated heterocycles. The van der Waals surface area contributed by atoms with Gasteiger partial charge < -0.3 is 10.1 Å². The normalized spacial score (nSPS) is 20.7. The number of rotatable bonds is 5. The second kappa shape index (κ2) is 7.30. The molecular weight excluding hydrogens is 380 g/mol. The van der Waals surface area contributed by atoms with Gasteiger partial charge in [-0.15, -0.1) is 10.2 Å². The summed E-state index contributed by atoms with van der Waals surface area (Å²) in [6.07, 6.45) is 3.85. The van der Waals surface area contributed by atoms with Crippen molar-refractivity contribution in [2.45, 2.75) is 43.4 Å². The van der Waals surface area contributed by atoms with Crippen molar-refractivity contribution in [2.24, 2.45) is 0 Å². The molecule has 1 fully saturated rings. The van der Waals surface area contributed by atoms with E-state index in [1.54, 1.807) is 18.1 Å². The molecule has 30 heavy (non-hydrogen) atoms. The van der Waals surface area contributed by atoms with Crippen LogP contribution in [-0.4, -0.2) is 44.3 Å². The first kappa shape index (κ1) is 18.9. The fourth-order valence-electron chi connectivity index (χ4n) is 4.33. The summed E-state index contributed by atoms with van der Waals surface area (Å²) < 4.78 is 0. The Morgan fingerprint density at radius 2 is 2.03 bits per heavy atom. The quantitative estimate of drug-likeness (QED) is 0.560. The van der Waals surface area contributed by atoms with E-state index in [2.05, 4.69) is 31.5 Å². The van der Waals surface area contributed by atoms with Crippen molar-refractivity contribution in [3.05, 3.63) is 71.4 Å². The van der Waals surface area contributed by atoms with Crippen molar-refractivity contribution >= 4 is 11.7 Å². The molecular formula is C22H24N6O2. The minimum absolute atomic E-state index is 0.0543. The molecule has 2 aromatic heterocycles. The highest BCUT2D eigenvalue weighted by Gasteiger charge is 2.51. The molecule has 2 atom stereocenters. The molecule has 5 rings (SSSR count). The minimum Gasteiger partial charge on any atom is -0.371 e. The molecule has 1 unspecified atom stereocenters. The van der Waals surface area contributed by atoms with Gasteiger partial charge in [-0.05, 0) is 30.9 Å². The number of H-pyrrole nitrogens is 1. The zero-order chi connectivity index (χ0) is 20.7. The number of nitrogens with zero attached hydrogens (tertiary/aromatic N) is 4. The van der Waals surface area contributed by atoms with E-state index in [-0.39, 0.29) is 11.3 Å². The summed E-state index contributed by atoms with van der Waals surface area (Å²) in [5.74, 6) is 1.57. The molecule has 1 spiro atoms. The molecule has 3 heterocycles. The number of aromatic nitrogens is 4. The number of pyridine rings is 1. The Kier molecular flexibility index (Phi) is 4.60. The number of carbonyl (C=O) groups is 1. The van der Waals surface area contributed by atoms with Crippen LogP contribution in [0.3, 0.4) is 0 Å². The second-order valence-corrected chi connectivity index (χ2v) is 8.20. The third-order valence-electron chi connectivity index (χ3n) is 6.14. The third kappa shape index (κ3) is 3.38. The van der Waals surface area contributed by atoms with Gasteiger partial charge in [0, 0.05) is 30.6 Å². The van der Waals surface area contributed by atoms with Crippen LogP contribution in [0.4, 0.5) is 5.82 Å². The topological polar surface area (TPSA) is 107 Å². The fourth-order valence-corrected chi connectivity index (χ4v) is 4.33. The number of aliphatic hydroxyl groups excluding tert-OH is 1. The van der Waals surface area contributed by atoms with E-state index in [0.717, 1.165) is 24.0 Å². The molecule has 2 aliphatic rings. The zero-order valence-corrected chi connectivity index (χ0v) is 16.7. The highest BCUT2D eigenvalue weighted by atomic mass is 16.3. The SMILES string of the molecule is CN1C(=O)[C@@H](NC(O)c2nnc(Cc3ccccc3)[nH]2)CC2(CC2)c2cccnc21. The van der Waals surface area contributed by atoms with Gasteiger partial charge >= 0.3 is 0 Å². The summed E-state index contributed by atoms with van der Waals surface area (Å²) >= 11 is 0. The van der Waals surface area contributed by atoms with E-state index >= 15 is 0 Å². The van der Waals surface area contributed by atoms with Crippen LogP contribution < -0.4 is 10.2 Å². The van der Waals surface area contributed by atoms with E-state index < -0.39 is 12.3 Å². The maximum Gasteiger partial charge on any atom is 0.245 e. The van der Waals surface area contributed by atoms with Crippen LogP contribution >= 0.6 is 0 Å². The molecule has 0 bridgehead atoms. The van der Waals surface area contributed by atoms with E-state index in [9.17, 15) is 9.90 Å². The molecule has 8 heteroatoms. The lowest BCUT2D eigenvalue weighted by atomic mass is 9.90. The molecule has 1 aromatic carbocycles. The van der Waals surface area contributed by atoms with Gasteiger partial charge in [0.25, 0.3) is 0 Å². The molecule has 1 aliphatic heterocycles. The Labute approximate surface area is 174 Å². The Morgan fingerprint density at radius 1 is 1.23 bits per heavy atom. The van der Waals surface area contributed by atoms with Crippen LogP contribution in [0.1, 0.15) is 48.3 Å². The van der Waals surface area contributed by atoms with E-state index in [0.29, 0.717) is 30.3 Å². The lowest BCUT2D eigenvalue weighted by Crippen LogP contribution is -2.46. The number of aromatic amines is 1. The number of aliphatic hydroxyl groups is 1. The highest BCUT2D eigenvalue weighted by molar-refractivity contribution is 5.98. The van der Waals surface area contributed by atoms with Gasteiger partial charge in [0.1, 0.15) is 11.6 Å². The molecule has 154 valence electrons. The van der Waals surface area contributed by atoms with E-state index in [1.165, 1.54) is 0 Å². The summed E-state index contributed by atoms with van der Waals surface area (Å²) in [5, 5.41) is 22.0. The van der Waals surface area contributed by atoms with Crippen LogP contribution in [-0.2, 0) is 16.6 Å². The first-order valence-corrected chi connectivity index (χ1v) is 10.2. The molecule has 8 nitrogen and oxygen atoms in total. The first-order chi connectivity index (χ1) is 14.6. The average Bonchev–Trinajstić information content (AvgIpc) is 3.42. The minimum atomic E-state index is -1.12. The summed E-state index contributed by atoms with van der Waals surface area (Å²) in [5.41, 5.74) is 2.16. The fraction of sp³-hybridized carbons (Fsp3) is 0.364. The maximum absolute atomic E-state index is 13.1. The largest absolute Gasteiger partial charge is 0.371 e. The van der Waals surface area contributed by atoms with Crippen molar-refractivity contribution in [3.8, 4) is 0 Å².